The van der Waals surface area contributed by atoms with E-state index < -0.39 is 11.7 Å². The van der Waals surface area contributed by atoms with Crippen LogP contribution in [0, 0.1) is 0 Å². The lowest BCUT2D eigenvalue weighted by atomic mass is 10.1. The Kier molecular flexibility index (Phi) is 11.7. The number of anilines is 2. The molecule has 0 unspecified atom stereocenters. The van der Waals surface area contributed by atoms with Crippen LogP contribution in [-0.2, 0) is 14.2 Å². The van der Waals surface area contributed by atoms with E-state index in [0.29, 0.717) is 19.0 Å². The van der Waals surface area contributed by atoms with Crippen molar-refractivity contribution < 1.29 is 19.0 Å². The molecule has 1 heterocycles. The first-order valence-electron chi connectivity index (χ1n) is 11.4. The quantitative estimate of drug-likeness (QED) is 0.215. The maximum absolute atomic E-state index is 12.1. The molecule has 0 aliphatic rings. The Morgan fingerprint density at radius 2 is 1.73 bits per heavy atom. The highest BCUT2D eigenvalue weighted by atomic mass is 16.6. The lowest BCUT2D eigenvalue weighted by molar-refractivity contribution is 0.0635. The molecule has 0 spiro atoms. The summed E-state index contributed by atoms with van der Waals surface area (Å²) in [4.78, 5) is 16.4. The molecule has 0 aliphatic heterocycles. The minimum atomic E-state index is -0.590. The van der Waals surface area contributed by atoms with Crippen molar-refractivity contribution in [3.8, 4) is 0 Å². The van der Waals surface area contributed by atoms with Crippen molar-refractivity contribution in [2.24, 2.45) is 0 Å². The SMILES string of the molecule is CC/C(C)=C(C)/C=C(Nc1ccnc(NC(=O)OC(C)(C)C)c1)\C(OCCOC)=C(\C)CC. The largest absolute Gasteiger partial charge is 0.489 e. The summed E-state index contributed by atoms with van der Waals surface area (Å²) in [5, 5.41) is 6.15. The van der Waals surface area contributed by atoms with Gasteiger partial charge in [-0.2, -0.15) is 0 Å². The van der Waals surface area contributed by atoms with E-state index in [9.17, 15) is 4.79 Å². The summed E-state index contributed by atoms with van der Waals surface area (Å²) in [5.41, 5.74) is 4.59. The number of pyridine rings is 1. The molecule has 0 aliphatic carbocycles. The summed E-state index contributed by atoms with van der Waals surface area (Å²) < 4.78 is 16.6. The Bertz CT molecular complexity index is 880. The third kappa shape index (κ3) is 10.6. The molecule has 33 heavy (non-hydrogen) atoms. The van der Waals surface area contributed by atoms with Gasteiger partial charge in [-0.3, -0.25) is 5.32 Å². The summed E-state index contributed by atoms with van der Waals surface area (Å²) in [6.07, 6.45) is 4.99. The molecule has 1 rings (SSSR count). The van der Waals surface area contributed by atoms with E-state index >= 15 is 0 Å². The molecule has 7 heteroatoms. The number of carbonyl (C=O) groups is 1. The molecule has 0 radical (unpaired) electrons. The Labute approximate surface area is 199 Å². The molecule has 184 valence electrons. The van der Waals surface area contributed by atoms with Crippen molar-refractivity contribution in [1.29, 1.82) is 0 Å². The van der Waals surface area contributed by atoms with Crippen LogP contribution in [0.5, 0.6) is 0 Å². The zero-order chi connectivity index (χ0) is 25.0. The number of ether oxygens (including phenoxy) is 3. The lowest BCUT2D eigenvalue weighted by Gasteiger charge is -2.20. The first-order valence-corrected chi connectivity index (χ1v) is 11.4. The number of amides is 1. The number of carbonyl (C=O) groups excluding carboxylic acids is 1. The minimum Gasteiger partial charge on any atom is -0.489 e. The van der Waals surface area contributed by atoms with E-state index in [1.54, 1.807) is 19.4 Å². The molecular weight excluding hydrogens is 418 g/mol. The lowest BCUT2D eigenvalue weighted by Crippen LogP contribution is -2.27. The summed E-state index contributed by atoms with van der Waals surface area (Å²) in [5.74, 6) is 1.18. The van der Waals surface area contributed by atoms with Crippen LogP contribution < -0.4 is 10.6 Å². The van der Waals surface area contributed by atoms with Gasteiger partial charge in [0.2, 0.25) is 0 Å². The second-order valence-electron chi connectivity index (χ2n) is 8.86. The van der Waals surface area contributed by atoms with E-state index in [4.69, 9.17) is 14.2 Å². The van der Waals surface area contributed by atoms with Crippen molar-refractivity contribution in [2.45, 2.75) is 73.8 Å². The highest BCUT2D eigenvalue weighted by Crippen LogP contribution is 2.25. The van der Waals surface area contributed by atoms with Crippen LogP contribution in [0.15, 0.2) is 52.6 Å². The summed E-state index contributed by atoms with van der Waals surface area (Å²) in [7, 11) is 1.65. The van der Waals surface area contributed by atoms with Crippen LogP contribution in [0.25, 0.3) is 0 Å². The van der Waals surface area contributed by atoms with Crippen molar-refractivity contribution in [3.05, 3.63) is 52.6 Å². The predicted octanol–water partition coefficient (Wildman–Crippen LogP) is 6.82. The number of hydrogen-bond donors (Lipinski definition) is 2. The normalized spacial score (nSPS) is 13.7. The van der Waals surface area contributed by atoms with Gasteiger partial charge >= 0.3 is 6.09 Å². The maximum Gasteiger partial charge on any atom is 0.413 e. The molecule has 1 aromatic rings. The Morgan fingerprint density at radius 3 is 2.30 bits per heavy atom. The van der Waals surface area contributed by atoms with Gasteiger partial charge < -0.3 is 19.5 Å². The average Bonchev–Trinajstić information content (AvgIpc) is 2.74. The molecule has 0 aromatic carbocycles. The van der Waals surface area contributed by atoms with Crippen molar-refractivity contribution >= 4 is 17.6 Å². The Morgan fingerprint density at radius 1 is 1.06 bits per heavy atom. The highest BCUT2D eigenvalue weighted by Gasteiger charge is 2.17. The average molecular weight is 460 g/mol. The van der Waals surface area contributed by atoms with E-state index in [-0.39, 0.29) is 0 Å². The zero-order valence-corrected chi connectivity index (χ0v) is 21.7. The van der Waals surface area contributed by atoms with Crippen LogP contribution >= 0.6 is 0 Å². The molecule has 7 nitrogen and oxygen atoms in total. The number of nitrogens with zero attached hydrogens (tertiary/aromatic N) is 1. The van der Waals surface area contributed by atoms with E-state index in [0.717, 1.165) is 41.1 Å². The molecule has 2 N–H and O–H groups in total. The van der Waals surface area contributed by atoms with Gasteiger partial charge in [0.15, 0.2) is 0 Å². The van der Waals surface area contributed by atoms with Crippen LogP contribution in [0.2, 0.25) is 0 Å². The van der Waals surface area contributed by atoms with Crippen molar-refractivity contribution in [1.82, 2.24) is 4.98 Å². The number of hydrogen-bond acceptors (Lipinski definition) is 6. The maximum atomic E-state index is 12.1. The fraction of sp³-hybridized carbons (Fsp3) is 0.538. The summed E-state index contributed by atoms with van der Waals surface area (Å²) >= 11 is 0. The molecule has 1 aromatic heterocycles. The van der Waals surface area contributed by atoms with Gasteiger partial charge in [0.05, 0.1) is 12.3 Å². The molecule has 0 bridgehead atoms. The van der Waals surface area contributed by atoms with Gasteiger partial charge in [-0.1, -0.05) is 25.0 Å². The fourth-order valence-electron chi connectivity index (χ4n) is 2.74. The minimum absolute atomic E-state index is 0.392. The van der Waals surface area contributed by atoms with E-state index in [1.807, 2.05) is 26.8 Å². The molecule has 1 amide bonds. The van der Waals surface area contributed by atoms with Crippen LogP contribution in [-0.4, -0.2) is 37.0 Å². The first kappa shape index (κ1) is 28.2. The van der Waals surface area contributed by atoms with E-state index in [1.165, 1.54) is 5.57 Å². The van der Waals surface area contributed by atoms with Gasteiger partial charge in [0.25, 0.3) is 0 Å². The summed E-state index contributed by atoms with van der Waals surface area (Å²) in [6, 6.07) is 3.60. The fourth-order valence-corrected chi connectivity index (χ4v) is 2.74. The Hall–Kier alpha value is -2.80. The second kappa shape index (κ2) is 13.7. The van der Waals surface area contributed by atoms with Crippen molar-refractivity contribution in [2.75, 3.05) is 31.0 Å². The second-order valence-corrected chi connectivity index (χ2v) is 8.86. The molecule has 0 atom stereocenters. The van der Waals surface area contributed by atoms with Gasteiger partial charge in [-0.15, -0.1) is 0 Å². The molecular formula is C26H41N3O4. The smallest absolute Gasteiger partial charge is 0.413 e. The molecule has 0 saturated heterocycles. The monoisotopic (exact) mass is 459 g/mol. The third-order valence-corrected chi connectivity index (χ3v) is 4.93. The summed E-state index contributed by atoms with van der Waals surface area (Å²) in [6.45, 7) is 16.9. The van der Waals surface area contributed by atoms with Gasteiger partial charge in [-0.05, 0) is 72.1 Å². The van der Waals surface area contributed by atoms with Gasteiger partial charge in [-0.25, -0.2) is 9.78 Å². The predicted molar refractivity (Wildman–Crippen MR) is 135 cm³/mol. The van der Waals surface area contributed by atoms with Gasteiger partial charge in [0.1, 0.15) is 23.8 Å². The van der Waals surface area contributed by atoms with Crippen LogP contribution in [0.3, 0.4) is 0 Å². The Balaban J connectivity index is 3.31. The van der Waals surface area contributed by atoms with Gasteiger partial charge in [0, 0.05) is 25.1 Å². The van der Waals surface area contributed by atoms with Crippen molar-refractivity contribution in [3.63, 3.8) is 0 Å². The van der Waals surface area contributed by atoms with Crippen LogP contribution in [0.4, 0.5) is 16.3 Å². The molecule has 0 saturated carbocycles. The van der Waals surface area contributed by atoms with E-state index in [2.05, 4.69) is 56.3 Å². The first-order chi connectivity index (χ1) is 15.5. The standard InChI is InChI=1S/C26H41N3O4/c1-10-18(3)20(5)16-22(24(19(4)11-2)32-15-14-31-9)28-21-12-13-27-23(17-21)29-25(30)33-26(6,7)8/h12-13,16-17H,10-11,14-15H2,1-9H3,(H2,27,28,29,30)/b20-18+,22-16+,24-19+. The third-order valence-electron chi connectivity index (χ3n) is 4.93. The number of rotatable bonds is 11. The zero-order valence-electron chi connectivity index (χ0n) is 21.7. The number of methoxy groups -OCH3 is 1. The molecule has 0 fully saturated rings. The highest BCUT2D eigenvalue weighted by molar-refractivity contribution is 5.84. The van der Waals surface area contributed by atoms with Crippen LogP contribution in [0.1, 0.15) is 68.2 Å². The number of allylic oxidation sites excluding steroid dienone is 4. The number of nitrogens with one attached hydrogen (secondary N) is 2. The number of aromatic nitrogens is 1. The topological polar surface area (TPSA) is 81.7 Å².